The van der Waals surface area contributed by atoms with E-state index in [2.05, 4.69) is 71.9 Å². The van der Waals surface area contributed by atoms with Crippen molar-refractivity contribution in [2.45, 2.75) is 78.7 Å². The third-order valence-corrected chi connectivity index (χ3v) is 7.94. The van der Waals surface area contributed by atoms with E-state index in [0.29, 0.717) is 5.56 Å². The normalized spacial score (nSPS) is 13.0. The molecule has 0 saturated heterocycles. The highest BCUT2D eigenvalue weighted by molar-refractivity contribution is 5.95. The first-order valence-electron chi connectivity index (χ1n) is 13.2. The van der Waals surface area contributed by atoms with Gasteiger partial charge in [-0.15, -0.1) is 0 Å². The molecule has 3 aromatic rings. The molecule has 0 amide bonds. The van der Waals surface area contributed by atoms with Crippen molar-refractivity contribution in [3.8, 4) is 5.75 Å². The number of ether oxygens (including phenoxy) is 2. The van der Waals surface area contributed by atoms with Gasteiger partial charge in [0.1, 0.15) is 12.4 Å². The van der Waals surface area contributed by atoms with E-state index in [4.69, 9.17) is 9.47 Å². The number of aliphatic hydroxyl groups is 1. The standard InChI is InChI=1S/C32H42O4/c1-8-17-31(5,6)29(33)21-36-28-16-15-26(18-22(28)4)32(9-2,10-3)27-14-13-23-19-25(30(34)35-7)12-11-24(23)20-27/h11-16,18-20,29,33H,8-10,17,21H2,1-7H3. The molecule has 0 saturated carbocycles. The Hall–Kier alpha value is -2.85. The van der Waals surface area contributed by atoms with Crippen molar-refractivity contribution in [2.24, 2.45) is 5.41 Å². The van der Waals surface area contributed by atoms with Crippen molar-refractivity contribution >= 4 is 16.7 Å². The van der Waals surface area contributed by atoms with Gasteiger partial charge >= 0.3 is 5.97 Å². The predicted octanol–water partition coefficient (Wildman–Crippen LogP) is 7.61. The van der Waals surface area contributed by atoms with E-state index < -0.39 is 6.10 Å². The minimum atomic E-state index is -0.515. The fourth-order valence-corrected chi connectivity index (χ4v) is 5.34. The van der Waals surface area contributed by atoms with Crippen molar-refractivity contribution in [1.82, 2.24) is 0 Å². The highest BCUT2D eigenvalue weighted by Gasteiger charge is 2.32. The lowest BCUT2D eigenvalue weighted by atomic mass is 9.70. The zero-order valence-corrected chi connectivity index (χ0v) is 23.0. The van der Waals surface area contributed by atoms with Crippen molar-refractivity contribution in [2.75, 3.05) is 13.7 Å². The molecule has 0 bridgehead atoms. The maximum Gasteiger partial charge on any atom is 0.337 e. The fraction of sp³-hybridized carbons (Fsp3) is 0.469. The van der Waals surface area contributed by atoms with Crippen molar-refractivity contribution in [3.05, 3.63) is 76.9 Å². The maximum atomic E-state index is 11.9. The number of rotatable bonds is 11. The summed E-state index contributed by atoms with van der Waals surface area (Å²) >= 11 is 0. The molecule has 1 N–H and O–H groups in total. The molecule has 3 rings (SSSR count). The molecule has 0 aliphatic rings. The summed E-state index contributed by atoms with van der Waals surface area (Å²) in [6.45, 7) is 13.2. The van der Waals surface area contributed by atoms with Gasteiger partial charge in [0.2, 0.25) is 0 Å². The molecule has 3 aromatic carbocycles. The molecule has 0 aliphatic carbocycles. The molecule has 0 fully saturated rings. The summed E-state index contributed by atoms with van der Waals surface area (Å²) in [4.78, 5) is 11.9. The average Bonchev–Trinajstić information content (AvgIpc) is 2.88. The van der Waals surface area contributed by atoms with E-state index in [1.807, 2.05) is 24.3 Å². The molecule has 4 nitrogen and oxygen atoms in total. The lowest BCUT2D eigenvalue weighted by Gasteiger charge is -2.34. The molecule has 0 aliphatic heterocycles. The van der Waals surface area contributed by atoms with Gasteiger partial charge in [0.25, 0.3) is 0 Å². The number of methoxy groups -OCH3 is 1. The van der Waals surface area contributed by atoms with Crippen LogP contribution in [-0.2, 0) is 10.2 Å². The number of carbonyl (C=O) groups is 1. The number of hydrogen-bond donors (Lipinski definition) is 1. The first-order chi connectivity index (χ1) is 17.1. The minimum absolute atomic E-state index is 0.138. The van der Waals surface area contributed by atoms with E-state index in [9.17, 15) is 9.90 Å². The van der Waals surface area contributed by atoms with E-state index >= 15 is 0 Å². The summed E-state index contributed by atoms with van der Waals surface area (Å²) in [5.41, 5.74) is 3.84. The van der Waals surface area contributed by atoms with Crippen LogP contribution in [0.1, 0.15) is 87.4 Å². The molecule has 0 heterocycles. The van der Waals surface area contributed by atoms with Gasteiger partial charge in [-0.1, -0.05) is 77.4 Å². The molecule has 1 atom stereocenters. The van der Waals surface area contributed by atoms with Crippen molar-refractivity contribution < 1.29 is 19.4 Å². The van der Waals surface area contributed by atoms with E-state index in [-0.39, 0.29) is 23.4 Å². The molecule has 194 valence electrons. The molecule has 1 unspecified atom stereocenters. The Morgan fingerprint density at radius 3 is 2.14 bits per heavy atom. The van der Waals surface area contributed by atoms with Crippen LogP contribution in [0.15, 0.2) is 54.6 Å². The second kappa shape index (κ2) is 11.5. The molecule has 0 radical (unpaired) electrons. The molecule has 36 heavy (non-hydrogen) atoms. The Morgan fingerprint density at radius 2 is 1.53 bits per heavy atom. The third-order valence-electron chi connectivity index (χ3n) is 7.94. The monoisotopic (exact) mass is 490 g/mol. The average molecular weight is 491 g/mol. The number of aryl methyl sites for hydroxylation is 1. The van der Waals surface area contributed by atoms with Crippen molar-refractivity contribution in [3.63, 3.8) is 0 Å². The number of hydrogen-bond acceptors (Lipinski definition) is 4. The van der Waals surface area contributed by atoms with Crippen molar-refractivity contribution in [1.29, 1.82) is 0 Å². The second-order valence-electron chi connectivity index (χ2n) is 10.6. The van der Waals surface area contributed by atoms with Gasteiger partial charge in [0.05, 0.1) is 18.8 Å². The first kappa shape index (κ1) is 27.7. The largest absolute Gasteiger partial charge is 0.491 e. The van der Waals surface area contributed by atoms with Crippen LogP contribution in [0.2, 0.25) is 0 Å². The fourth-order valence-electron chi connectivity index (χ4n) is 5.34. The second-order valence-corrected chi connectivity index (χ2v) is 10.6. The van der Waals surface area contributed by atoms with Crippen LogP contribution in [0.5, 0.6) is 5.75 Å². The van der Waals surface area contributed by atoms with Gasteiger partial charge in [-0.25, -0.2) is 4.79 Å². The Morgan fingerprint density at radius 1 is 0.917 bits per heavy atom. The number of aliphatic hydroxyl groups excluding tert-OH is 1. The smallest absolute Gasteiger partial charge is 0.337 e. The Bertz CT molecular complexity index is 1190. The van der Waals surface area contributed by atoms with E-state index in [0.717, 1.165) is 47.8 Å². The Labute approximate surface area is 216 Å². The van der Waals surface area contributed by atoms with Gasteiger partial charge in [0, 0.05) is 5.41 Å². The molecule has 0 aromatic heterocycles. The zero-order valence-electron chi connectivity index (χ0n) is 23.0. The first-order valence-corrected chi connectivity index (χ1v) is 13.2. The van der Waals surface area contributed by atoms with Crippen LogP contribution in [0.3, 0.4) is 0 Å². The lowest BCUT2D eigenvalue weighted by molar-refractivity contribution is 0.00649. The number of carbonyl (C=O) groups excluding carboxylic acids is 1. The number of esters is 1. The maximum absolute atomic E-state index is 11.9. The Kier molecular flexibility index (Phi) is 8.84. The quantitative estimate of drug-likeness (QED) is 0.281. The summed E-state index contributed by atoms with van der Waals surface area (Å²) in [5.74, 6) is 0.497. The predicted molar refractivity (Wildman–Crippen MR) is 148 cm³/mol. The summed E-state index contributed by atoms with van der Waals surface area (Å²) in [5, 5.41) is 12.8. The van der Waals surface area contributed by atoms with Gasteiger partial charge < -0.3 is 14.6 Å². The highest BCUT2D eigenvalue weighted by atomic mass is 16.5. The highest BCUT2D eigenvalue weighted by Crippen LogP contribution is 2.41. The van der Waals surface area contributed by atoms with Gasteiger partial charge in [-0.2, -0.15) is 0 Å². The summed E-state index contributed by atoms with van der Waals surface area (Å²) < 4.78 is 11.0. The summed E-state index contributed by atoms with van der Waals surface area (Å²) in [6.07, 6.45) is 3.40. The van der Waals surface area contributed by atoms with Gasteiger partial charge in [-0.05, 0) is 77.3 Å². The van der Waals surface area contributed by atoms with Crippen LogP contribution in [0, 0.1) is 12.3 Å². The molecule has 4 heteroatoms. The van der Waals surface area contributed by atoms with Crippen LogP contribution < -0.4 is 4.74 Å². The minimum Gasteiger partial charge on any atom is -0.491 e. The molecular formula is C32H42O4. The number of benzene rings is 3. The van der Waals surface area contributed by atoms with E-state index in [1.54, 1.807) is 0 Å². The van der Waals surface area contributed by atoms with Gasteiger partial charge in [0.15, 0.2) is 0 Å². The lowest BCUT2D eigenvalue weighted by Crippen LogP contribution is -2.34. The van der Waals surface area contributed by atoms with Crippen LogP contribution in [0.4, 0.5) is 0 Å². The van der Waals surface area contributed by atoms with E-state index in [1.165, 1.54) is 18.2 Å². The summed E-state index contributed by atoms with van der Waals surface area (Å²) in [7, 11) is 1.40. The SMILES string of the molecule is CCCC(C)(C)C(O)COc1ccc(C(CC)(CC)c2ccc3cc(C(=O)OC)ccc3c2)cc1C. The third kappa shape index (κ3) is 5.59. The topological polar surface area (TPSA) is 55.8 Å². The van der Waals surface area contributed by atoms with Crippen LogP contribution >= 0.6 is 0 Å². The Balaban J connectivity index is 1.91. The summed E-state index contributed by atoms with van der Waals surface area (Å²) in [6, 6.07) is 18.7. The van der Waals surface area contributed by atoms with Crippen LogP contribution in [-0.4, -0.2) is 30.9 Å². The van der Waals surface area contributed by atoms with Crippen LogP contribution in [0.25, 0.3) is 10.8 Å². The number of fused-ring (bicyclic) bond motifs is 1. The molecular weight excluding hydrogens is 448 g/mol. The molecule has 0 spiro atoms. The zero-order chi connectivity index (χ0) is 26.5. The van der Waals surface area contributed by atoms with Gasteiger partial charge in [-0.3, -0.25) is 0 Å².